The number of pyridine rings is 1. The number of halogens is 4. The van der Waals surface area contributed by atoms with Gasteiger partial charge in [-0.1, -0.05) is 146 Å². The summed E-state index contributed by atoms with van der Waals surface area (Å²) in [5.41, 5.74) is 5.65. The molecule has 3 aliphatic rings. The fraction of sp³-hybridized carbons (Fsp3) is 0.522. The lowest BCUT2D eigenvalue weighted by Crippen LogP contribution is -2.51. The van der Waals surface area contributed by atoms with Crippen molar-refractivity contribution in [3.05, 3.63) is 147 Å². The van der Waals surface area contributed by atoms with E-state index in [4.69, 9.17) is 46.4 Å². The van der Waals surface area contributed by atoms with Gasteiger partial charge >= 0.3 is 0 Å². The number of aromatic hydroxyl groups is 4. The zero-order valence-corrected chi connectivity index (χ0v) is 56.1. The standard InChI is InChI=1S/C16H21ClO2.C15H20ClNO2.C14H18ClNO2.C14H19ClO2.C10H15NO2/c1-9(2)12-6-11(7-12)8-14(18)13-5-4-10(3)16(19)15(13)17;1-9(2)11-6-7-17(8-11)15(19)12-5-4-10(3)14(18)13(12)16;1-8(2)10-6-16(7-10)14(18)11-5-4-9(3)13(17)12(11)15;1-9(2)5-4-6-12(16)11-8-7-10(3)14(17)13(11)15;1-7(2)4-9-5-10(12)8(3)6-11(9)13/h4-5,9,11-12,19H,6-8H2,1-3H3;4-5,9,11,18H,6-8H2,1-3H3;4-5,8,10,17H,6-7H2,1-3H3;7-9,17H,4-6H2,1-3H3;5-7,13H,4H2,1-3H3. The molecule has 0 bridgehead atoms. The summed E-state index contributed by atoms with van der Waals surface area (Å²) in [5.74, 6) is 5.24. The highest BCUT2D eigenvalue weighted by molar-refractivity contribution is 6.37. The lowest BCUT2D eigenvalue weighted by atomic mass is 9.67. The van der Waals surface area contributed by atoms with Crippen LogP contribution in [0.25, 0.3) is 0 Å². The maximum atomic E-state index is 12.4. The van der Waals surface area contributed by atoms with Crippen LogP contribution in [0.3, 0.4) is 0 Å². The Morgan fingerprint density at radius 1 is 0.523 bits per heavy atom. The zero-order chi connectivity index (χ0) is 64.8. The van der Waals surface area contributed by atoms with E-state index in [-0.39, 0.29) is 71.9 Å². The van der Waals surface area contributed by atoms with Crippen LogP contribution in [0.4, 0.5) is 0 Å². The van der Waals surface area contributed by atoms with Gasteiger partial charge in [-0.15, -0.1) is 0 Å². The number of hydrogen-bond donors (Lipinski definition) is 5. The van der Waals surface area contributed by atoms with Crippen molar-refractivity contribution in [1.29, 1.82) is 0 Å². The third-order valence-corrected chi connectivity index (χ3v) is 18.2. The number of aryl methyl sites for hydroxylation is 5. The second-order valence-electron chi connectivity index (χ2n) is 25.6. The number of carbonyl (C=O) groups excluding carboxylic acids is 4. The SMILES string of the molecule is Cc1ccc(C(=O)CC2CC(C(C)C)C2)c(Cl)c1O.Cc1ccc(C(=O)CCCC(C)C)c(Cl)c1O.Cc1ccc(C(=O)N2CC(C(C)C)C2)c(Cl)c1O.Cc1ccc(C(=O)N2CCC(C(C)C)C2)c(Cl)c1O.Cc1cn(O)c(CC(C)C)cc1=O. The van der Waals surface area contributed by atoms with Gasteiger partial charge in [-0.25, -0.2) is 0 Å². The highest BCUT2D eigenvalue weighted by Crippen LogP contribution is 2.42. The van der Waals surface area contributed by atoms with E-state index in [1.54, 1.807) is 88.0 Å². The molecule has 5 N–H and O–H groups in total. The highest BCUT2D eigenvalue weighted by Gasteiger charge is 2.35. The topological polar surface area (TPSA) is 198 Å². The Bertz CT molecular complexity index is 3210. The van der Waals surface area contributed by atoms with Gasteiger partial charge in [0.25, 0.3) is 11.8 Å². The average molecular weight is 1270 g/mol. The summed E-state index contributed by atoms with van der Waals surface area (Å²) in [6, 6.07) is 15.2. The van der Waals surface area contributed by atoms with Crippen molar-refractivity contribution in [3.8, 4) is 23.0 Å². The molecule has 2 aliphatic heterocycles. The molecule has 0 spiro atoms. The monoisotopic (exact) mass is 1260 g/mol. The Hall–Kier alpha value is -5.73. The number of ketones is 2. The van der Waals surface area contributed by atoms with E-state index in [2.05, 4.69) is 55.4 Å². The molecular weight excluding hydrogens is 1170 g/mol. The van der Waals surface area contributed by atoms with Crippen molar-refractivity contribution in [3.63, 3.8) is 0 Å². The van der Waals surface area contributed by atoms with Gasteiger partial charge in [-0.05, 0) is 167 Å². The first kappa shape index (κ1) is 72.7. The van der Waals surface area contributed by atoms with Crippen LogP contribution in [-0.4, -0.2) is 89.7 Å². The van der Waals surface area contributed by atoms with E-state index in [1.165, 1.54) is 12.3 Å². The largest absolute Gasteiger partial charge is 0.506 e. The number of phenolic OH excluding ortho intramolecular Hbond substituents is 4. The van der Waals surface area contributed by atoms with Crippen LogP contribution in [0.15, 0.2) is 65.6 Å². The van der Waals surface area contributed by atoms with Crippen molar-refractivity contribution in [2.45, 2.75) is 155 Å². The summed E-state index contributed by atoms with van der Waals surface area (Å²) in [5, 5.41) is 49.1. The maximum absolute atomic E-state index is 12.4. The van der Waals surface area contributed by atoms with Gasteiger partial charge in [0, 0.05) is 61.8 Å². The number of likely N-dealkylation sites (tertiary alicyclic amines) is 2. The van der Waals surface area contributed by atoms with Gasteiger partial charge in [0.05, 0.1) is 43.1 Å². The smallest absolute Gasteiger partial charge is 0.255 e. The van der Waals surface area contributed by atoms with E-state index in [9.17, 15) is 49.6 Å². The third-order valence-electron chi connectivity index (χ3n) is 16.7. The second-order valence-corrected chi connectivity index (χ2v) is 27.1. The quantitative estimate of drug-likeness (QED) is 0.0497. The van der Waals surface area contributed by atoms with Crippen molar-refractivity contribution in [2.24, 2.45) is 53.3 Å². The molecule has 13 nitrogen and oxygen atoms in total. The summed E-state index contributed by atoms with van der Waals surface area (Å²) in [6.07, 6.45) is 8.41. The normalized spacial score (nSPS) is 16.3. The van der Waals surface area contributed by atoms with E-state index in [0.29, 0.717) is 122 Å². The first-order valence-corrected chi connectivity index (χ1v) is 31.7. The van der Waals surface area contributed by atoms with Crippen LogP contribution in [0.1, 0.15) is 189 Å². The highest BCUT2D eigenvalue weighted by atomic mass is 35.5. The zero-order valence-electron chi connectivity index (χ0n) is 53.1. The molecule has 86 heavy (non-hydrogen) atoms. The first-order chi connectivity index (χ1) is 40.2. The number of aromatic nitrogens is 1. The molecule has 3 heterocycles. The van der Waals surface area contributed by atoms with Crippen LogP contribution in [0, 0.1) is 87.9 Å². The van der Waals surface area contributed by atoms with E-state index in [1.807, 2.05) is 18.7 Å². The molecular formula is C69H93Cl4N3O10. The molecule has 1 aliphatic carbocycles. The number of carbonyl (C=O) groups is 4. The third kappa shape index (κ3) is 19.9. The number of phenols is 4. The lowest BCUT2D eigenvalue weighted by Gasteiger charge is -2.41. The maximum Gasteiger partial charge on any atom is 0.255 e. The Morgan fingerprint density at radius 2 is 0.919 bits per heavy atom. The predicted molar refractivity (Wildman–Crippen MR) is 349 cm³/mol. The molecule has 17 heteroatoms. The minimum absolute atomic E-state index is 0.00319. The fourth-order valence-electron chi connectivity index (χ4n) is 10.3. The molecule has 5 aromatic rings. The minimum Gasteiger partial charge on any atom is -0.506 e. The molecule has 1 aromatic heterocycles. The molecule has 472 valence electrons. The summed E-state index contributed by atoms with van der Waals surface area (Å²) in [4.78, 5) is 63.6. The number of amides is 2. The van der Waals surface area contributed by atoms with Crippen molar-refractivity contribution in [2.75, 3.05) is 26.2 Å². The Balaban J connectivity index is 0.000000232. The second kappa shape index (κ2) is 33.0. The number of benzene rings is 4. The molecule has 2 saturated heterocycles. The van der Waals surface area contributed by atoms with Crippen LogP contribution in [0.5, 0.6) is 23.0 Å². The van der Waals surface area contributed by atoms with Gasteiger partial charge in [-0.3, -0.25) is 24.0 Å². The number of nitrogens with zero attached hydrogens (tertiary/aromatic N) is 3. The minimum atomic E-state index is -0.0906. The van der Waals surface area contributed by atoms with Crippen molar-refractivity contribution >= 4 is 69.8 Å². The molecule has 4 aromatic carbocycles. The lowest BCUT2D eigenvalue weighted by molar-refractivity contribution is 0.0407. The van der Waals surface area contributed by atoms with Gasteiger partial charge < -0.3 is 35.4 Å². The van der Waals surface area contributed by atoms with E-state index >= 15 is 0 Å². The van der Waals surface area contributed by atoms with Gasteiger partial charge in [0.15, 0.2) is 17.0 Å². The molecule has 1 unspecified atom stereocenters. The van der Waals surface area contributed by atoms with Gasteiger partial charge in [-0.2, -0.15) is 4.73 Å². The summed E-state index contributed by atoms with van der Waals surface area (Å²) in [7, 11) is 0. The van der Waals surface area contributed by atoms with Gasteiger partial charge in [0.2, 0.25) is 0 Å². The molecule has 1 saturated carbocycles. The Kier molecular flexibility index (Phi) is 27.9. The summed E-state index contributed by atoms with van der Waals surface area (Å²) < 4.78 is 1.04. The molecule has 2 amide bonds. The molecule has 8 rings (SSSR count). The summed E-state index contributed by atoms with van der Waals surface area (Å²) in [6.45, 7) is 33.4. The Morgan fingerprint density at radius 3 is 1.33 bits per heavy atom. The summed E-state index contributed by atoms with van der Waals surface area (Å²) >= 11 is 24.1. The predicted octanol–water partition coefficient (Wildman–Crippen LogP) is 17.1. The van der Waals surface area contributed by atoms with E-state index < -0.39 is 0 Å². The average Bonchev–Trinajstić information content (AvgIpc) is 2.53. The van der Waals surface area contributed by atoms with Crippen LogP contribution in [-0.2, 0) is 6.42 Å². The molecule has 0 radical (unpaired) electrons. The van der Waals surface area contributed by atoms with E-state index in [0.717, 1.165) is 68.9 Å². The number of hydrogen-bond acceptors (Lipinski definition) is 10. The van der Waals surface area contributed by atoms with Crippen molar-refractivity contribution < 1.29 is 44.8 Å². The molecule has 3 fully saturated rings. The first-order valence-electron chi connectivity index (χ1n) is 30.1. The van der Waals surface area contributed by atoms with Gasteiger partial charge in [0.1, 0.15) is 23.0 Å². The fourth-order valence-corrected chi connectivity index (χ4v) is 11.5. The van der Waals surface area contributed by atoms with Crippen LogP contribution < -0.4 is 5.43 Å². The van der Waals surface area contributed by atoms with Crippen molar-refractivity contribution in [1.82, 2.24) is 14.5 Å². The molecule has 1 atom stereocenters. The van der Waals surface area contributed by atoms with Crippen LogP contribution >= 0.6 is 46.4 Å². The van der Waals surface area contributed by atoms with Crippen LogP contribution in [0.2, 0.25) is 20.1 Å². The number of Topliss-reactive ketones (excluding diaryl/α,β-unsaturated/α-hetero) is 2. The Labute approximate surface area is 530 Å². The number of rotatable bonds is 15.